The van der Waals surface area contributed by atoms with Gasteiger partial charge in [0.2, 0.25) is 12.2 Å². The molecule has 2 aliphatic heterocycles. The molecule has 6 aromatic carbocycles. The Kier molecular flexibility index (Phi) is 14.3. The minimum absolute atomic E-state index is 0.0254. The summed E-state index contributed by atoms with van der Waals surface area (Å²) in [4.78, 5) is 60.5. The first kappa shape index (κ1) is 45.6. The first-order chi connectivity index (χ1) is 33.3. The minimum Gasteiger partial charge on any atom is -0.461 e. The lowest BCUT2D eigenvalue weighted by Crippen LogP contribution is -2.63. The van der Waals surface area contributed by atoms with Crippen LogP contribution in [0.5, 0.6) is 5.75 Å². The summed E-state index contributed by atoms with van der Waals surface area (Å²) in [5.74, 6) is -1.93. The summed E-state index contributed by atoms with van der Waals surface area (Å²) in [7, 11) is 0. The number of pyridine rings is 1. The third-order valence-corrected chi connectivity index (χ3v) is 11.8. The Morgan fingerprint density at radius 2 is 1.21 bits per heavy atom. The van der Waals surface area contributed by atoms with E-state index in [4.69, 9.17) is 28.4 Å². The molecule has 0 radical (unpaired) electrons. The molecule has 0 bridgehead atoms. The number of imide groups is 1. The van der Waals surface area contributed by atoms with Crippen LogP contribution >= 0.6 is 0 Å². The minimum atomic E-state index is -1.24. The topological polar surface area (TPSA) is 152 Å². The van der Waals surface area contributed by atoms with Gasteiger partial charge in [0.1, 0.15) is 30.1 Å². The fraction of sp³-hybridized carbons (Fsp3) is 0.218. The lowest BCUT2D eigenvalue weighted by atomic mass is 9.97. The highest BCUT2D eigenvalue weighted by Gasteiger charge is 2.51. The molecule has 3 amide bonds. The van der Waals surface area contributed by atoms with E-state index < -0.39 is 60.4 Å². The Morgan fingerprint density at radius 1 is 0.632 bits per heavy atom. The highest BCUT2D eigenvalue weighted by molar-refractivity contribution is 6.23. The molecule has 1 aromatic heterocycles. The van der Waals surface area contributed by atoms with Gasteiger partial charge in [-0.2, -0.15) is 0 Å². The first-order valence-corrected chi connectivity index (χ1v) is 22.4. The normalized spacial score (nSPS) is 19.3. The number of hydrogen-bond donors (Lipinski definition) is 1. The number of hydrogen-bond acceptors (Lipinski definition) is 11. The summed E-state index contributed by atoms with van der Waals surface area (Å²) >= 11 is 0. The maximum Gasteiger partial charge on any atom is 0.303 e. The second-order valence-electron chi connectivity index (χ2n) is 16.5. The van der Waals surface area contributed by atoms with E-state index in [9.17, 15) is 19.2 Å². The molecule has 0 unspecified atom stereocenters. The van der Waals surface area contributed by atoms with Gasteiger partial charge < -0.3 is 33.7 Å². The maximum atomic E-state index is 14.4. The molecular formula is C55H49N3O10. The Labute approximate surface area is 393 Å². The molecule has 344 valence electrons. The number of esters is 1. The maximum absolute atomic E-state index is 14.4. The summed E-state index contributed by atoms with van der Waals surface area (Å²) in [6.07, 6.45) is -3.12. The van der Waals surface area contributed by atoms with Gasteiger partial charge in [-0.3, -0.25) is 29.1 Å². The predicted octanol–water partition coefficient (Wildman–Crippen LogP) is 8.50. The third kappa shape index (κ3) is 10.7. The van der Waals surface area contributed by atoms with Crippen molar-refractivity contribution in [2.24, 2.45) is 0 Å². The van der Waals surface area contributed by atoms with Crippen LogP contribution in [-0.2, 0) is 59.5 Å². The van der Waals surface area contributed by atoms with Crippen LogP contribution in [0.2, 0.25) is 0 Å². The molecule has 1 fully saturated rings. The molecular weight excluding hydrogens is 863 g/mol. The first-order valence-electron chi connectivity index (χ1n) is 22.4. The molecule has 3 heterocycles. The van der Waals surface area contributed by atoms with E-state index in [1.54, 1.807) is 72.9 Å². The molecule has 0 aliphatic carbocycles. The molecule has 9 rings (SSSR count). The standard InChI is InChI=1S/C55H49N3O10/c1-36(59)66-51-50(65-34-40-19-9-4-10-20-40)49(64-33-39-17-7-3-8-18-39)47(35-63-32-38-15-5-2-6-16-38)68-55(51)67-42-28-26-37(27-29-42)31-46(58-53(61)43-23-11-12-24-44(43)54(58)62)52(60)57-45-25-13-21-41-22-14-30-56-48(41)45/h2-30,46-47,49-51,55H,31-35H2,1H3,(H,57,60)/t46-,47+,49+,50-,51-,55-/m0/s1. The quantitative estimate of drug-likeness (QED) is 0.0652. The van der Waals surface area contributed by atoms with Gasteiger partial charge in [-0.1, -0.05) is 133 Å². The Bertz CT molecular complexity index is 2810. The molecule has 68 heavy (non-hydrogen) atoms. The van der Waals surface area contributed by atoms with Crippen LogP contribution in [0.3, 0.4) is 0 Å². The van der Waals surface area contributed by atoms with E-state index in [1.165, 1.54) is 6.92 Å². The smallest absolute Gasteiger partial charge is 0.303 e. The number of benzene rings is 6. The number of amides is 3. The number of carbonyl (C=O) groups is 4. The van der Waals surface area contributed by atoms with Crippen molar-refractivity contribution < 1.29 is 47.6 Å². The van der Waals surface area contributed by atoms with Crippen LogP contribution in [-0.4, -0.2) is 76.9 Å². The van der Waals surface area contributed by atoms with Gasteiger partial charge in [0.15, 0.2) is 6.10 Å². The monoisotopic (exact) mass is 911 g/mol. The number of ether oxygens (including phenoxy) is 6. The van der Waals surface area contributed by atoms with Gasteiger partial charge in [-0.15, -0.1) is 0 Å². The van der Waals surface area contributed by atoms with Crippen molar-refractivity contribution in [2.45, 2.75) is 69.9 Å². The van der Waals surface area contributed by atoms with Crippen molar-refractivity contribution in [1.29, 1.82) is 0 Å². The van der Waals surface area contributed by atoms with Gasteiger partial charge >= 0.3 is 5.97 Å². The van der Waals surface area contributed by atoms with Gasteiger partial charge in [0, 0.05) is 24.9 Å². The summed E-state index contributed by atoms with van der Waals surface area (Å²) in [5.41, 5.74) is 4.87. The molecule has 6 atom stereocenters. The van der Waals surface area contributed by atoms with E-state index in [0.717, 1.165) is 27.0 Å². The van der Waals surface area contributed by atoms with E-state index >= 15 is 0 Å². The average Bonchev–Trinajstić information content (AvgIpc) is 3.62. The molecule has 7 aromatic rings. The van der Waals surface area contributed by atoms with Gasteiger partial charge in [0.05, 0.1) is 48.8 Å². The Morgan fingerprint density at radius 3 is 1.82 bits per heavy atom. The van der Waals surface area contributed by atoms with Crippen molar-refractivity contribution in [2.75, 3.05) is 11.9 Å². The summed E-state index contributed by atoms with van der Waals surface area (Å²) in [5, 5.41) is 3.76. The third-order valence-electron chi connectivity index (χ3n) is 11.8. The zero-order chi connectivity index (χ0) is 46.8. The van der Waals surface area contributed by atoms with Crippen LogP contribution in [0.25, 0.3) is 10.9 Å². The van der Waals surface area contributed by atoms with Crippen molar-refractivity contribution in [1.82, 2.24) is 9.88 Å². The van der Waals surface area contributed by atoms with E-state index in [0.29, 0.717) is 29.1 Å². The number of anilines is 1. The van der Waals surface area contributed by atoms with Crippen LogP contribution in [0, 0.1) is 0 Å². The second kappa shape index (κ2) is 21.4. The number of nitrogens with one attached hydrogen (secondary N) is 1. The SMILES string of the molecule is CC(=O)O[C@@H]1[C@@H](Oc2ccc(C[C@@H](C(=O)Nc3cccc4cccnc34)N3C(=O)c4ccccc4C3=O)cc2)O[C@H](COCc2ccccc2)[C@@H](OCc2ccccc2)[C@@H]1OCc1ccccc1. The van der Waals surface area contributed by atoms with Crippen LogP contribution in [0.1, 0.15) is 49.9 Å². The van der Waals surface area contributed by atoms with E-state index in [-0.39, 0.29) is 37.4 Å². The number of nitrogens with zero attached hydrogens (tertiary/aromatic N) is 2. The largest absolute Gasteiger partial charge is 0.461 e. The lowest BCUT2D eigenvalue weighted by Gasteiger charge is -2.45. The summed E-state index contributed by atoms with van der Waals surface area (Å²) in [6.45, 7) is 2.09. The molecule has 0 saturated carbocycles. The lowest BCUT2D eigenvalue weighted by molar-refractivity contribution is -0.302. The number of para-hydroxylation sites is 1. The fourth-order valence-electron chi connectivity index (χ4n) is 8.49. The predicted molar refractivity (Wildman–Crippen MR) is 252 cm³/mol. The van der Waals surface area contributed by atoms with Gasteiger partial charge in [0.25, 0.3) is 11.8 Å². The van der Waals surface area contributed by atoms with Crippen LogP contribution in [0.15, 0.2) is 176 Å². The second-order valence-corrected chi connectivity index (χ2v) is 16.5. The molecule has 2 aliphatic rings. The highest BCUT2D eigenvalue weighted by Crippen LogP contribution is 2.33. The number of fused-ring (bicyclic) bond motifs is 2. The van der Waals surface area contributed by atoms with Crippen molar-refractivity contribution in [3.8, 4) is 5.75 Å². The van der Waals surface area contributed by atoms with E-state index in [1.807, 2.05) is 103 Å². The zero-order valence-corrected chi connectivity index (χ0v) is 37.2. The van der Waals surface area contributed by atoms with Gasteiger partial charge in [-0.05, 0) is 58.7 Å². The Balaban J connectivity index is 0.995. The molecule has 1 N–H and O–H groups in total. The number of aromatic nitrogens is 1. The number of carbonyl (C=O) groups excluding carboxylic acids is 4. The van der Waals surface area contributed by atoms with E-state index in [2.05, 4.69) is 10.3 Å². The zero-order valence-electron chi connectivity index (χ0n) is 37.2. The highest BCUT2D eigenvalue weighted by atomic mass is 16.7. The molecule has 0 spiro atoms. The average molecular weight is 912 g/mol. The summed E-state index contributed by atoms with van der Waals surface area (Å²) in [6, 6.07) is 50.4. The molecule has 13 nitrogen and oxygen atoms in total. The fourth-order valence-corrected chi connectivity index (χ4v) is 8.49. The van der Waals surface area contributed by atoms with Crippen molar-refractivity contribution in [3.63, 3.8) is 0 Å². The Hall–Kier alpha value is -7.55. The van der Waals surface area contributed by atoms with Crippen molar-refractivity contribution >= 4 is 40.3 Å². The van der Waals surface area contributed by atoms with Crippen LogP contribution in [0.4, 0.5) is 5.69 Å². The van der Waals surface area contributed by atoms with Crippen LogP contribution < -0.4 is 10.1 Å². The summed E-state index contributed by atoms with van der Waals surface area (Å²) < 4.78 is 38.8. The number of rotatable bonds is 18. The molecule has 1 saturated heterocycles. The van der Waals surface area contributed by atoms with Gasteiger partial charge in [-0.25, -0.2) is 0 Å². The van der Waals surface area contributed by atoms with Crippen molar-refractivity contribution in [3.05, 3.63) is 209 Å². The molecule has 13 heteroatoms.